The Morgan fingerprint density at radius 1 is 1.46 bits per heavy atom. The lowest BCUT2D eigenvalue weighted by atomic mass is 10.1. The highest BCUT2D eigenvalue weighted by atomic mass is 32.2. The van der Waals surface area contributed by atoms with E-state index in [0.717, 1.165) is 17.0 Å². The zero-order valence-corrected chi connectivity index (χ0v) is 9.18. The second-order valence-electron chi connectivity index (χ2n) is 4.31. The fraction of sp³-hybridized carbons (Fsp3) is 0.875. The summed E-state index contributed by atoms with van der Waals surface area (Å²) in [7, 11) is -2.06. The summed E-state index contributed by atoms with van der Waals surface area (Å²) >= 11 is 0. The number of rotatable bonds is 2. The van der Waals surface area contributed by atoms with Crippen LogP contribution in [0.2, 0.25) is 0 Å². The molecule has 1 rings (SSSR count). The van der Waals surface area contributed by atoms with Crippen molar-refractivity contribution in [3.63, 3.8) is 0 Å². The maximum Gasteiger partial charge on any atom is 0.239 e. The number of nitrogens with zero attached hydrogens (tertiary/aromatic N) is 1. The highest BCUT2D eigenvalue weighted by Crippen LogP contribution is 2.52. The van der Waals surface area contributed by atoms with E-state index in [9.17, 15) is 13.2 Å². The predicted molar refractivity (Wildman–Crippen MR) is 49.5 cm³/mol. The third kappa shape index (κ3) is 2.02. The number of hydrogen-bond donors (Lipinski definition) is 0. The lowest BCUT2D eigenvalue weighted by Gasteiger charge is -2.15. The molecule has 1 fully saturated rings. The van der Waals surface area contributed by atoms with Crippen LogP contribution in [-0.2, 0) is 14.8 Å². The maximum atomic E-state index is 11.5. The second kappa shape index (κ2) is 2.70. The van der Waals surface area contributed by atoms with Crippen molar-refractivity contribution >= 4 is 15.9 Å². The summed E-state index contributed by atoms with van der Waals surface area (Å²) in [6, 6.07) is 0. The zero-order valence-electron chi connectivity index (χ0n) is 8.36. The highest BCUT2D eigenvalue weighted by Gasteiger charge is 2.52. The minimum atomic E-state index is -3.37. The summed E-state index contributed by atoms with van der Waals surface area (Å²) in [5.74, 6) is -0.403. The standard InChI is InChI=1S/C8H15NO3S/c1-8(2)5-6(8)7(10)9(3)13(4,11)12/h6H,5H2,1-4H3. The lowest BCUT2D eigenvalue weighted by Crippen LogP contribution is -2.34. The first-order valence-corrected chi connectivity index (χ1v) is 5.99. The van der Waals surface area contributed by atoms with Gasteiger partial charge in [-0.1, -0.05) is 13.8 Å². The van der Waals surface area contributed by atoms with Crippen molar-refractivity contribution < 1.29 is 13.2 Å². The Bertz CT molecular complexity index is 331. The van der Waals surface area contributed by atoms with E-state index in [2.05, 4.69) is 0 Å². The molecular weight excluding hydrogens is 190 g/mol. The molecule has 13 heavy (non-hydrogen) atoms. The van der Waals surface area contributed by atoms with E-state index in [1.54, 1.807) is 0 Å². The summed E-state index contributed by atoms with van der Waals surface area (Å²) in [6.45, 7) is 3.93. The molecule has 0 bridgehead atoms. The molecule has 0 heterocycles. The van der Waals surface area contributed by atoms with Gasteiger partial charge >= 0.3 is 0 Å². The molecular formula is C8H15NO3S. The first kappa shape index (κ1) is 10.5. The van der Waals surface area contributed by atoms with Crippen LogP contribution in [0.1, 0.15) is 20.3 Å². The normalized spacial score (nSPS) is 25.4. The number of sulfonamides is 1. The van der Waals surface area contributed by atoms with Crippen LogP contribution in [0.4, 0.5) is 0 Å². The lowest BCUT2D eigenvalue weighted by molar-refractivity contribution is -0.127. The van der Waals surface area contributed by atoms with Crippen molar-refractivity contribution in [3.8, 4) is 0 Å². The van der Waals surface area contributed by atoms with Crippen LogP contribution in [0.5, 0.6) is 0 Å². The van der Waals surface area contributed by atoms with Gasteiger partial charge in [0.15, 0.2) is 0 Å². The van der Waals surface area contributed by atoms with Crippen molar-refractivity contribution in [1.82, 2.24) is 4.31 Å². The molecule has 0 N–H and O–H groups in total. The quantitative estimate of drug-likeness (QED) is 0.657. The van der Waals surface area contributed by atoms with Gasteiger partial charge in [0.2, 0.25) is 15.9 Å². The Balaban J connectivity index is 2.72. The van der Waals surface area contributed by atoms with Gasteiger partial charge in [0, 0.05) is 13.0 Å². The van der Waals surface area contributed by atoms with Gasteiger partial charge in [-0.15, -0.1) is 0 Å². The summed E-state index contributed by atoms with van der Waals surface area (Å²) in [5.41, 5.74) is -0.0178. The van der Waals surface area contributed by atoms with E-state index < -0.39 is 10.0 Å². The summed E-state index contributed by atoms with van der Waals surface area (Å²) in [5, 5.41) is 0. The molecule has 1 aliphatic rings. The van der Waals surface area contributed by atoms with E-state index in [4.69, 9.17) is 0 Å². The molecule has 0 saturated heterocycles. The predicted octanol–water partition coefficient (Wildman–Crippen LogP) is 0.451. The molecule has 1 saturated carbocycles. The topological polar surface area (TPSA) is 54.5 Å². The monoisotopic (exact) mass is 205 g/mol. The first-order chi connectivity index (χ1) is 5.66. The fourth-order valence-corrected chi connectivity index (χ4v) is 1.73. The number of carbonyl (C=O) groups is 1. The molecule has 5 heteroatoms. The van der Waals surface area contributed by atoms with Gasteiger partial charge < -0.3 is 0 Å². The van der Waals surface area contributed by atoms with Crippen LogP contribution in [0, 0.1) is 11.3 Å². The van der Waals surface area contributed by atoms with Crippen LogP contribution >= 0.6 is 0 Å². The number of amides is 1. The highest BCUT2D eigenvalue weighted by molar-refractivity contribution is 7.88. The third-order valence-corrected chi connectivity index (χ3v) is 3.79. The van der Waals surface area contributed by atoms with Gasteiger partial charge in [-0.25, -0.2) is 12.7 Å². The van der Waals surface area contributed by atoms with Crippen LogP contribution < -0.4 is 0 Å². The van der Waals surface area contributed by atoms with Crippen molar-refractivity contribution in [1.29, 1.82) is 0 Å². The molecule has 1 atom stereocenters. The van der Waals surface area contributed by atoms with E-state index in [-0.39, 0.29) is 17.2 Å². The average Bonchev–Trinajstić information content (AvgIpc) is 2.55. The summed E-state index contributed by atoms with van der Waals surface area (Å²) in [6.07, 6.45) is 1.83. The van der Waals surface area contributed by atoms with E-state index >= 15 is 0 Å². The average molecular weight is 205 g/mol. The van der Waals surface area contributed by atoms with Gasteiger partial charge in [0.1, 0.15) is 0 Å². The Labute approximate surface area is 79.0 Å². The molecule has 76 valence electrons. The minimum absolute atomic E-state index is 0.0178. The van der Waals surface area contributed by atoms with E-state index in [1.807, 2.05) is 13.8 Å². The second-order valence-corrected chi connectivity index (χ2v) is 6.33. The third-order valence-electron chi connectivity index (χ3n) is 2.62. The number of carbonyl (C=O) groups excluding carboxylic acids is 1. The Morgan fingerprint density at radius 2 is 1.85 bits per heavy atom. The zero-order chi connectivity index (χ0) is 10.4. The van der Waals surface area contributed by atoms with Gasteiger partial charge in [-0.05, 0) is 11.8 Å². The SMILES string of the molecule is CN(C(=O)C1CC1(C)C)S(C)(=O)=O. The molecule has 0 spiro atoms. The molecule has 0 aromatic rings. The molecule has 0 aromatic heterocycles. The smallest absolute Gasteiger partial charge is 0.239 e. The van der Waals surface area contributed by atoms with Crippen LogP contribution in [0.25, 0.3) is 0 Å². The van der Waals surface area contributed by atoms with Crippen LogP contribution in [0.15, 0.2) is 0 Å². The van der Waals surface area contributed by atoms with Crippen LogP contribution in [0.3, 0.4) is 0 Å². The van der Waals surface area contributed by atoms with Gasteiger partial charge in [0.05, 0.1) is 6.26 Å². The van der Waals surface area contributed by atoms with Gasteiger partial charge in [-0.3, -0.25) is 4.79 Å². The van der Waals surface area contributed by atoms with Crippen molar-refractivity contribution in [2.45, 2.75) is 20.3 Å². The van der Waals surface area contributed by atoms with Gasteiger partial charge in [0.25, 0.3) is 0 Å². The Morgan fingerprint density at radius 3 is 2.08 bits per heavy atom. The molecule has 4 nitrogen and oxygen atoms in total. The molecule has 0 aliphatic heterocycles. The fourth-order valence-electron chi connectivity index (χ4n) is 1.27. The summed E-state index contributed by atoms with van der Waals surface area (Å²) in [4.78, 5) is 11.5. The summed E-state index contributed by atoms with van der Waals surface area (Å²) < 4.78 is 22.9. The molecule has 0 aromatic carbocycles. The molecule has 1 aliphatic carbocycles. The molecule has 0 radical (unpaired) electrons. The van der Waals surface area contributed by atoms with Crippen molar-refractivity contribution in [2.24, 2.45) is 11.3 Å². The number of hydrogen-bond acceptors (Lipinski definition) is 3. The van der Waals surface area contributed by atoms with Crippen molar-refractivity contribution in [2.75, 3.05) is 13.3 Å². The van der Waals surface area contributed by atoms with E-state index in [0.29, 0.717) is 0 Å². The largest absolute Gasteiger partial charge is 0.273 e. The Kier molecular flexibility index (Phi) is 2.18. The first-order valence-electron chi connectivity index (χ1n) is 4.14. The minimum Gasteiger partial charge on any atom is -0.273 e. The Hall–Kier alpha value is -0.580. The van der Waals surface area contributed by atoms with Gasteiger partial charge in [-0.2, -0.15) is 0 Å². The maximum absolute atomic E-state index is 11.5. The van der Waals surface area contributed by atoms with E-state index in [1.165, 1.54) is 7.05 Å². The van der Waals surface area contributed by atoms with Crippen LogP contribution in [-0.4, -0.2) is 31.9 Å². The van der Waals surface area contributed by atoms with Crippen molar-refractivity contribution in [3.05, 3.63) is 0 Å². The molecule has 1 amide bonds. The molecule has 1 unspecified atom stereocenters.